The van der Waals surface area contributed by atoms with Crippen LogP contribution in [0.4, 0.5) is 0 Å². The van der Waals surface area contributed by atoms with Crippen LogP contribution >= 0.6 is 0 Å². The number of Topliss-reactive ketones (excluding diaryl/α,β-unsaturated/α-hetero) is 1. The highest BCUT2D eigenvalue weighted by Crippen LogP contribution is 2.33. The van der Waals surface area contributed by atoms with Crippen molar-refractivity contribution in [2.75, 3.05) is 20.2 Å². The highest BCUT2D eigenvalue weighted by Gasteiger charge is 2.48. The van der Waals surface area contributed by atoms with Gasteiger partial charge in [0.1, 0.15) is 11.4 Å². The van der Waals surface area contributed by atoms with Gasteiger partial charge in [-0.2, -0.15) is 5.10 Å². The third-order valence-electron chi connectivity index (χ3n) is 5.76. The molecular weight excluding hydrogens is 304 g/mol. The Kier molecular flexibility index (Phi) is 3.18. The van der Waals surface area contributed by atoms with Gasteiger partial charge in [0.05, 0.1) is 18.2 Å². The SMILES string of the molecule is CN1C(C(=O)c2n[nH]c3ccc(OCC4CC4)cc23)[C@H]2C[C@H]1CN2. The lowest BCUT2D eigenvalue weighted by Crippen LogP contribution is -2.53. The molecule has 2 saturated heterocycles. The molecule has 2 N–H and O–H groups in total. The molecule has 1 aromatic carbocycles. The minimum Gasteiger partial charge on any atom is -0.493 e. The van der Waals surface area contributed by atoms with Gasteiger partial charge in [-0.1, -0.05) is 0 Å². The van der Waals surface area contributed by atoms with Crippen molar-refractivity contribution in [3.05, 3.63) is 23.9 Å². The van der Waals surface area contributed by atoms with E-state index in [4.69, 9.17) is 4.74 Å². The number of H-pyrrole nitrogens is 1. The number of benzene rings is 1. The molecule has 3 heterocycles. The molecule has 2 bridgehead atoms. The second-order valence-corrected chi connectivity index (χ2v) is 7.41. The number of likely N-dealkylation sites (N-methyl/N-ethyl adjacent to an activating group) is 1. The van der Waals surface area contributed by atoms with Crippen LogP contribution < -0.4 is 10.1 Å². The summed E-state index contributed by atoms with van der Waals surface area (Å²) in [5, 5.41) is 11.6. The second kappa shape index (κ2) is 5.29. The van der Waals surface area contributed by atoms with Gasteiger partial charge < -0.3 is 10.1 Å². The number of hydrogen-bond acceptors (Lipinski definition) is 5. The first-order chi connectivity index (χ1) is 11.7. The van der Waals surface area contributed by atoms with Crippen molar-refractivity contribution < 1.29 is 9.53 Å². The Balaban J connectivity index is 1.45. The van der Waals surface area contributed by atoms with Crippen molar-refractivity contribution in [3.63, 3.8) is 0 Å². The smallest absolute Gasteiger partial charge is 0.202 e. The first kappa shape index (κ1) is 14.4. The maximum Gasteiger partial charge on any atom is 0.202 e. The van der Waals surface area contributed by atoms with E-state index in [-0.39, 0.29) is 17.9 Å². The van der Waals surface area contributed by atoms with Gasteiger partial charge in [0, 0.05) is 24.0 Å². The Morgan fingerprint density at radius 2 is 2.29 bits per heavy atom. The van der Waals surface area contributed by atoms with Gasteiger partial charge >= 0.3 is 0 Å². The van der Waals surface area contributed by atoms with E-state index in [0.717, 1.165) is 36.2 Å². The van der Waals surface area contributed by atoms with Gasteiger partial charge in [-0.25, -0.2) is 0 Å². The predicted octanol–water partition coefficient (Wildman–Crippen LogP) is 1.58. The number of carbonyl (C=O) groups excluding carboxylic acids is 1. The van der Waals surface area contributed by atoms with Crippen molar-refractivity contribution >= 4 is 16.7 Å². The number of piperazine rings is 1. The average molecular weight is 326 g/mol. The molecule has 1 unspecified atom stereocenters. The number of hydrogen-bond donors (Lipinski definition) is 2. The lowest BCUT2D eigenvalue weighted by atomic mass is 10.0. The quantitative estimate of drug-likeness (QED) is 0.817. The van der Waals surface area contributed by atoms with Crippen LogP contribution in [0.5, 0.6) is 5.75 Å². The fourth-order valence-electron chi connectivity index (χ4n) is 4.09. The number of fused-ring (bicyclic) bond motifs is 3. The van der Waals surface area contributed by atoms with Gasteiger partial charge in [-0.15, -0.1) is 0 Å². The van der Waals surface area contributed by atoms with E-state index in [0.29, 0.717) is 17.7 Å². The van der Waals surface area contributed by atoms with Crippen LogP contribution in [0.2, 0.25) is 0 Å². The monoisotopic (exact) mass is 326 g/mol. The summed E-state index contributed by atoms with van der Waals surface area (Å²) >= 11 is 0. The molecule has 2 aliphatic heterocycles. The Morgan fingerprint density at radius 3 is 3.04 bits per heavy atom. The number of likely N-dealkylation sites (tertiary alicyclic amines) is 1. The molecule has 6 nitrogen and oxygen atoms in total. The number of ketones is 1. The number of nitrogens with one attached hydrogen (secondary N) is 2. The normalized spacial score (nSPS) is 29.5. The van der Waals surface area contributed by atoms with E-state index < -0.39 is 0 Å². The van der Waals surface area contributed by atoms with Crippen LogP contribution in [0.25, 0.3) is 10.9 Å². The zero-order valence-corrected chi connectivity index (χ0v) is 13.8. The summed E-state index contributed by atoms with van der Waals surface area (Å²) in [4.78, 5) is 15.3. The van der Waals surface area contributed by atoms with Crippen molar-refractivity contribution in [1.82, 2.24) is 20.4 Å². The van der Waals surface area contributed by atoms with E-state index in [2.05, 4.69) is 20.4 Å². The maximum absolute atomic E-state index is 13.1. The van der Waals surface area contributed by atoms with E-state index in [1.165, 1.54) is 12.8 Å². The number of nitrogens with zero attached hydrogens (tertiary/aromatic N) is 2. The lowest BCUT2D eigenvalue weighted by Gasteiger charge is -2.30. The number of rotatable bonds is 5. The van der Waals surface area contributed by atoms with Crippen molar-refractivity contribution in [3.8, 4) is 5.75 Å². The molecule has 3 fully saturated rings. The Labute approximate surface area is 140 Å². The molecule has 1 aromatic heterocycles. The van der Waals surface area contributed by atoms with Crippen LogP contribution in [0.1, 0.15) is 29.8 Å². The van der Waals surface area contributed by atoms with Crippen LogP contribution in [0.3, 0.4) is 0 Å². The molecule has 0 spiro atoms. The van der Waals surface area contributed by atoms with Gasteiger partial charge in [-0.05, 0) is 50.4 Å². The third kappa shape index (κ3) is 2.24. The van der Waals surface area contributed by atoms with Crippen molar-refractivity contribution in [2.45, 2.75) is 37.4 Å². The molecule has 6 heteroatoms. The predicted molar refractivity (Wildman–Crippen MR) is 90.4 cm³/mol. The van der Waals surface area contributed by atoms with Crippen LogP contribution in [-0.2, 0) is 0 Å². The third-order valence-corrected chi connectivity index (χ3v) is 5.76. The molecule has 126 valence electrons. The van der Waals surface area contributed by atoms with E-state index in [1.807, 2.05) is 25.2 Å². The number of aromatic nitrogens is 2. The van der Waals surface area contributed by atoms with E-state index in [1.54, 1.807) is 0 Å². The fourth-order valence-corrected chi connectivity index (χ4v) is 4.09. The van der Waals surface area contributed by atoms with E-state index in [9.17, 15) is 4.79 Å². The van der Waals surface area contributed by atoms with Crippen molar-refractivity contribution in [2.24, 2.45) is 5.92 Å². The summed E-state index contributed by atoms with van der Waals surface area (Å²) in [6.45, 7) is 1.75. The Hall–Kier alpha value is -1.92. The maximum atomic E-state index is 13.1. The molecule has 0 radical (unpaired) electrons. The highest BCUT2D eigenvalue weighted by atomic mass is 16.5. The average Bonchev–Trinajstić information content (AvgIpc) is 3.02. The molecule has 5 rings (SSSR count). The fraction of sp³-hybridized carbons (Fsp3) is 0.556. The van der Waals surface area contributed by atoms with Crippen LogP contribution in [0.15, 0.2) is 18.2 Å². The zero-order chi connectivity index (χ0) is 16.3. The first-order valence-corrected chi connectivity index (χ1v) is 8.81. The molecule has 1 saturated carbocycles. The molecule has 3 aliphatic rings. The van der Waals surface area contributed by atoms with E-state index >= 15 is 0 Å². The van der Waals surface area contributed by atoms with Crippen LogP contribution in [0, 0.1) is 5.92 Å². The summed E-state index contributed by atoms with van der Waals surface area (Å²) < 4.78 is 5.86. The lowest BCUT2D eigenvalue weighted by molar-refractivity contribution is 0.0811. The molecule has 3 atom stereocenters. The van der Waals surface area contributed by atoms with Gasteiger partial charge in [0.15, 0.2) is 0 Å². The Bertz CT molecular complexity index is 795. The Morgan fingerprint density at radius 1 is 1.42 bits per heavy atom. The van der Waals surface area contributed by atoms with Gasteiger partial charge in [0.2, 0.25) is 5.78 Å². The minimum absolute atomic E-state index is 0.0998. The highest BCUT2D eigenvalue weighted by molar-refractivity contribution is 6.09. The first-order valence-electron chi connectivity index (χ1n) is 8.81. The number of carbonyl (C=O) groups is 1. The molecule has 24 heavy (non-hydrogen) atoms. The molecular formula is C18H22N4O2. The van der Waals surface area contributed by atoms with Crippen LogP contribution in [-0.4, -0.2) is 59.2 Å². The summed E-state index contributed by atoms with van der Waals surface area (Å²) in [6, 6.07) is 6.44. The van der Waals surface area contributed by atoms with Gasteiger partial charge in [0.25, 0.3) is 0 Å². The number of aromatic amines is 1. The minimum atomic E-state index is -0.119. The summed E-state index contributed by atoms with van der Waals surface area (Å²) in [5.41, 5.74) is 1.42. The zero-order valence-electron chi connectivity index (χ0n) is 13.8. The molecule has 0 amide bonds. The second-order valence-electron chi connectivity index (χ2n) is 7.41. The van der Waals surface area contributed by atoms with Crippen molar-refractivity contribution in [1.29, 1.82) is 0 Å². The summed E-state index contributed by atoms with van der Waals surface area (Å²) in [7, 11) is 2.05. The number of ether oxygens (including phenoxy) is 1. The molecule has 2 aromatic rings. The topological polar surface area (TPSA) is 70.2 Å². The summed E-state index contributed by atoms with van der Waals surface area (Å²) in [6.07, 6.45) is 3.58. The largest absolute Gasteiger partial charge is 0.493 e. The standard InChI is InChI=1S/C18H22N4O2/c1-22-11-6-15(19-8-11)17(22)18(23)16-13-7-12(24-9-10-2-3-10)4-5-14(13)20-21-16/h4-5,7,10-11,15,17,19H,2-3,6,8-9H2,1H3,(H,20,21)/t11-,15+,17?/m0/s1. The summed E-state index contributed by atoms with van der Waals surface area (Å²) in [5.74, 6) is 1.63. The molecule has 1 aliphatic carbocycles. The van der Waals surface area contributed by atoms with Gasteiger partial charge in [-0.3, -0.25) is 14.8 Å².